The van der Waals surface area contributed by atoms with Crippen molar-refractivity contribution in [2.24, 2.45) is 17.8 Å². The number of carbonyl (C=O) groups is 3. The quantitative estimate of drug-likeness (QED) is 0.605. The van der Waals surface area contributed by atoms with Gasteiger partial charge >= 0.3 is 0 Å². The Bertz CT molecular complexity index is 1090. The highest BCUT2D eigenvalue weighted by Crippen LogP contribution is 2.50. The van der Waals surface area contributed by atoms with E-state index in [0.717, 1.165) is 5.56 Å². The molecule has 2 aromatic carbocycles. The fourth-order valence-electron chi connectivity index (χ4n) is 4.79. The molecule has 2 saturated heterocycles. The lowest BCUT2D eigenvalue weighted by Crippen LogP contribution is -2.60. The van der Waals surface area contributed by atoms with E-state index in [2.05, 4.69) is 4.85 Å². The average Bonchev–Trinajstić information content (AvgIpc) is 3.03. The van der Waals surface area contributed by atoms with Crippen molar-refractivity contribution in [3.8, 4) is 0 Å². The first kappa shape index (κ1) is 17.4. The molecule has 0 N–H and O–H groups in total. The lowest BCUT2D eigenvalue weighted by molar-refractivity contribution is -0.151. The third-order valence-electron chi connectivity index (χ3n) is 6.02. The number of anilines is 1. The first-order chi connectivity index (χ1) is 14.1. The summed E-state index contributed by atoms with van der Waals surface area (Å²) in [6, 6.07) is 17.5. The summed E-state index contributed by atoms with van der Waals surface area (Å²) in [6.07, 6.45) is 1.60. The zero-order valence-corrected chi connectivity index (χ0v) is 15.4. The highest BCUT2D eigenvalue weighted by molar-refractivity contribution is 6.24. The zero-order valence-electron chi connectivity index (χ0n) is 15.4. The second-order valence-electron chi connectivity index (χ2n) is 7.52. The van der Waals surface area contributed by atoms with Gasteiger partial charge < -0.3 is 4.90 Å². The summed E-state index contributed by atoms with van der Waals surface area (Å²) in [7, 11) is 0. The number of rotatable bonds is 3. The van der Waals surface area contributed by atoms with Crippen LogP contribution in [0.1, 0.15) is 5.56 Å². The van der Waals surface area contributed by atoms with Crippen LogP contribution in [-0.2, 0) is 20.9 Å². The van der Waals surface area contributed by atoms with Crippen LogP contribution < -0.4 is 4.90 Å². The summed E-state index contributed by atoms with van der Waals surface area (Å²) in [5.41, 5.74) is 1.80. The molecule has 29 heavy (non-hydrogen) atoms. The molecule has 6 nitrogen and oxygen atoms in total. The third kappa shape index (κ3) is 2.44. The van der Waals surface area contributed by atoms with Gasteiger partial charge in [-0.05, 0) is 17.7 Å². The number of para-hydroxylation sites is 1. The highest BCUT2D eigenvalue weighted by Gasteiger charge is 2.64. The van der Waals surface area contributed by atoms with Crippen LogP contribution in [0.5, 0.6) is 0 Å². The number of amides is 3. The van der Waals surface area contributed by atoms with Crippen molar-refractivity contribution >= 4 is 23.4 Å². The van der Waals surface area contributed by atoms with E-state index in [0.29, 0.717) is 17.9 Å². The van der Waals surface area contributed by atoms with E-state index in [1.165, 1.54) is 4.90 Å². The second kappa shape index (κ2) is 6.42. The third-order valence-corrected chi connectivity index (χ3v) is 6.02. The van der Waals surface area contributed by atoms with Crippen molar-refractivity contribution in [3.05, 3.63) is 89.4 Å². The molecule has 3 aliphatic heterocycles. The van der Waals surface area contributed by atoms with E-state index in [1.54, 1.807) is 35.2 Å². The maximum Gasteiger partial charge on any atom is 0.238 e. The molecule has 4 aliphatic rings. The number of fused-ring (bicyclic) bond motifs is 1. The number of hydrogen-bond donors (Lipinski definition) is 0. The molecule has 4 unspecified atom stereocenters. The summed E-state index contributed by atoms with van der Waals surface area (Å²) in [4.78, 5) is 46.1. The fraction of sp³-hybridized carbons (Fsp3) is 0.217. The van der Waals surface area contributed by atoms with E-state index in [1.807, 2.05) is 36.4 Å². The van der Waals surface area contributed by atoms with E-state index in [4.69, 9.17) is 6.57 Å². The van der Waals surface area contributed by atoms with Crippen LogP contribution in [0.15, 0.2) is 72.4 Å². The minimum atomic E-state index is -0.775. The van der Waals surface area contributed by atoms with Crippen molar-refractivity contribution in [2.75, 3.05) is 4.90 Å². The largest absolute Gasteiger partial charge is 0.340 e. The Kier molecular flexibility index (Phi) is 3.85. The van der Waals surface area contributed by atoms with Crippen molar-refractivity contribution in [3.63, 3.8) is 0 Å². The summed E-state index contributed by atoms with van der Waals surface area (Å²) in [6.45, 7) is 7.89. The van der Waals surface area contributed by atoms with Crippen LogP contribution in [0.4, 0.5) is 5.69 Å². The molecule has 3 heterocycles. The van der Waals surface area contributed by atoms with Crippen LogP contribution in [-0.4, -0.2) is 28.7 Å². The predicted octanol–water partition coefficient (Wildman–Crippen LogP) is 2.64. The van der Waals surface area contributed by atoms with Gasteiger partial charge in [0.15, 0.2) is 5.70 Å². The fourth-order valence-corrected chi connectivity index (χ4v) is 4.79. The standard InChI is InChI=1S/C23H17N3O3/c1-24-17-12-16-18-19(23(29)26(22(18)28)15-10-6-3-7-11-15)20(17)25(21(16)27)13-14-8-4-2-5-9-14/h2-12,16,18-20H,13H2. The molecule has 0 saturated carbocycles. The van der Waals surface area contributed by atoms with Gasteiger partial charge in [0.2, 0.25) is 17.7 Å². The summed E-state index contributed by atoms with van der Waals surface area (Å²) in [5.74, 6) is -3.11. The van der Waals surface area contributed by atoms with Crippen molar-refractivity contribution in [1.82, 2.24) is 4.90 Å². The van der Waals surface area contributed by atoms with E-state index in [-0.39, 0.29) is 17.7 Å². The molecular formula is C23H17N3O3. The van der Waals surface area contributed by atoms with Crippen molar-refractivity contribution in [1.29, 1.82) is 0 Å². The molecule has 142 valence electrons. The number of hydrogen-bond acceptors (Lipinski definition) is 3. The molecule has 0 radical (unpaired) electrons. The van der Waals surface area contributed by atoms with Crippen molar-refractivity contribution < 1.29 is 14.4 Å². The minimum Gasteiger partial charge on any atom is -0.340 e. The van der Waals surface area contributed by atoms with Gasteiger partial charge in [0.1, 0.15) is 0 Å². The summed E-state index contributed by atoms with van der Waals surface area (Å²) >= 11 is 0. The van der Waals surface area contributed by atoms with Crippen LogP contribution in [0, 0.1) is 24.3 Å². The van der Waals surface area contributed by atoms with Crippen molar-refractivity contribution in [2.45, 2.75) is 12.6 Å². The van der Waals surface area contributed by atoms with Gasteiger partial charge in [-0.25, -0.2) is 9.74 Å². The molecule has 3 amide bonds. The monoisotopic (exact) mass is 383 g/mol. The van der Waals surface area contributed by atoms with E-state index in [9.17, 15) is 14.4 Å². The lowest BCUT2D eigenvalue weighted by Gasteiger charge is -2.47. The van der Waals surface area contributed by atoms with Gasteiger partial charge in [0.05, 0.1) is 36.1 Å². The zero-order chi connectivity index (χ0) is 20.1. The second-order valence-corrected chi connectivity index (χ2v) is 7.52. The molecule has 0 spiro atoms. The molecule has 6 heteroatoms. The van der Waals surface area contributed by atoms with Gasteiger partial charge in [-0.2, -0.15) is 0 Å². The molecule has 2 bridgehead atoms. The maximum atomic E-state index is 13.3. The molecule has 6 rings (SSSR count). The van der Waals surface area contributed by atoms with Crippen LogP contribution in [0.2, 0.25) is 0 Å². The topological polar surface area (TPSA) is 62.1 Å². The Morgan fingerprint density at radius 1 is 0.828 bits per heavy atom. The first-order valence-electron chi connectivity index (χ1n) is 9.48. The van der Waals surface area contributed by atoms with Crippen LogP contribution in [0.3, 0.4) is 0 Å². The summed E-state index contributed by atoms with van der Waals surface area (Å²) < 4.78 is 0. The van der Waals surface area contributed by atoms with E-state index < -0.39 is 23.8 Å². The Labute approximate surface area is 167 Å². The molecular weight excluding hydrogens is 366 g/mol. The average molecular weight is 383 g/mol. The number of benzene rings is 2. The first-order valence-corrected chi connectivity index (χ1v) is 9.48. The van der Waals surface area contributed by atoms with Gasteiger partial charge in [-0.1, -0.05) is 54.6 Å². The van der Waals surface area contributed by atoms with Crippen LogP contribution in [0.25, 0.3) is 4.85 Å². The molecule has 0 aromatic heterocycles. The molecule has 4 atom stereocenters. The minimum absolute atomic E-state index is 0.191. The Morgan fingerprint density at radius 2 is 1.45 bits per heavy atom. The number of imide groups is 1. The Morgan fingerprint density at radius 3 is 2.10 bits per heavy atom. The number of carbonyl (C=O) groups excluding carboxylic acids is 3. The maximum absolute atomic E-state index is 13.3. The normalized spacial score (nSPS) is 27.7. The molecule has 1 aliphatic carbocycles. The summed E-state index contributed by atoms with van der Waals surface area (Å²) in [5, 5.41) is 0. The number of nitrogens with zero attached hydrogens (tertiary/aromatic N) is 3. The molecule has 2 fully saturated rings. The predicted molar refractivity (Wildman–Crippen MR) is 105 cm³/mol. The van der Waals surface area contributed by atoms with Gasteiger partial charge in [0.25, 0.3) is 0 Å². The van der Waals surface area contributed by atoms with E-state index >= 15 is 0 Å². The Hall–Kier alpha value is -3.72. The SMILES string of the molecule is [C-]#[N+]C1=CC2C(=O)N(Cc3ccccc3)C1C1C(=O)N(c3ccccc3)C(=O)C21. The van der Waals surface area contributed by atoms with Crippen LogP contribution >= 0.6 is 0 Å². The Balaban J connectivity index is 1.57. The molecule has 2 aromatic rings. The van der Waals surface area contributed by atoms with Gasteiger partial charge in [-0.3, -0.25) is 14.4 Å². The van der Waals surface area contributed by atoms with Gasteiger partial charge in [-0.15, -0.1) is 0 Å². The number of piperidine rings is 1. The smallest absolute Gasteiger partial charge is 0.238 e. The highest BCUT2D eigenvalue weighted by atomic mass is 16.2. The lowest BCUT2D eigenvalue weighted by atomic mass is 9.68. The van der Waals surface area contributed by atoms with Gasteiger partial charge in [0, 0.05) is 6.54 Å².